The van der Waals surface area contributed by atoms with Gasteiger partial charge < -0.3 is 10.2 Å². The van der Waals surface area contributed by atoms with E-state index in [9.17, 15) is 18.0 Å². The second-order valence-electron chi connectivity index (χ2n) is 9.87. The number of anilines is 1. The van der Waals surface area contributed by atoms with E-state index in [-0.39, 0.29) is 37.2 Å². The number of nitrogens with one attached hydrogen (secondary N) is 1. The molecule has 0 aliphatic carbocycles. The maximum Gasteiger partial charge on any atom is 0.242 e. The van der Waals surface area contributed by atoms with Gasteiger partial charge in [0.2, 0.25) is 21.8 Å². The minimum atomic E-state index is -3.55. The van der Waals surface area contributed by atoms with Crippen LogP contribution in [0, 0.1) is 19.8 Å². The summed E-state index contributed by atoms with van der Waals surface area (Å²) in [5.41, 5.74) is 3.36. The van der Waals surface area contributed by atoms with E-state index in [1.54, 1.807) is 23.1 Å². The molecule has 37 heavy (non-hydrogen) atoms. The van der Waals surface area contributed by atoms with E-state index in [0.717, 1.165) is 16.7 Å². The number of hydrogen-bond acceptors (Lipinski definition) is 4. The van der Waals surface area contributed by atoms with Crippen LogP contribution in [0.25, 0.3) is 0 Å². The van der Waals surface area contributed by atoms with E-state index in [2.05, 4.69) is 5.32 Å². The molecule has 0 heterocycles. The maximum absolute atomic E-state index is 13.5. The Morgan fingerprint density at radius 1 is 1.05 bits per heavy atom. The zero-order chi connectivity index (χ0) is 27.8. The quantitative estimate of drug-likeness (QED) is 0.377. The number of benzene rings is 2. The number of sulfonamides is 1. The van der Waals surface area contributed by atoms with Crippen molar-refractivity contribution in [2.24, 2.45) is 5.92 Å². The fourth-order valence-electron chi connectivity index (χ4n) is 4.12. The van der Waals surface area contributed by atoms with Gasteiger partial charge in [-0.15, -0.1) is 0 Å². The fraction of sp³-hybridized carbons (Fsp3) is 0.500. The van der Waals surface area contributed by atoms with Crippen molar-refractivity contribution in [1.82, 2.24) is 10.2 Å². The molecule has 0 radical (unpaired) electrons. The molecule has 0 saturated carbocycles. The lowest BCUT2D eigenvalue weighted by Crippen LogP contribution is -2.49. The number of nitrogens with zero attached hydrogens (tertiary/aromatic N) is 2. The van der Waals surface area contributed by atoms with Crippen LogP contribution in [0.3, 0.4) is 0 Å². The highest BCUT2D eigenvalue weighted by Gasteiger charge is 2.29. The van der Waals surface area contributed by atoms with E-state index in [4.69, 9.17) is 11.6 Å². The molecule has 0 saturated heterocycles. The number of carbonyl (C=O) groups excluding carboxylic acids is 2. The third-order valence-electron chi connectivity index (χ3n) is 6.33. The van der Waals surface area contributed by atoms with Crippen molar-refractivity contribution < 1.29 is 18.0 Å². The van der Waals surface area contributed by atoms with Crippen LogP contribution in [0.1, 0.15) is 56.7 Å². The van der Waals surface area contributed by atoms with Crippen molar-refractivity contribution in [2.45, 2.75) is 66.5 Å². The topological polar surface area (TPSA) is 86.8 Å². The van der Waals surface area contributed by atoms with E-state index in [0.29, 0.717) is 30.1 Å². The average Bonchev–Trinajstić information content (AvgIpc) is 2.82. The lowest BCUT2D eigenvalue weighted by Gasteiger charge is -2.31. The third kappa shape index (κ3) is 9.04. The average molecular weight is 550 g/mol. The first kappa shape index (κ1) is 30.6. The Balaban J connectivity index is 2.24. The molecule has 0 aliphatic heterocycles. The summed E-state index contributed by atoms with van der Waals surface area (Å²) in [6, 6.07) is 12.1. The summed E-state index contributed by atoms with van der Waals surface area (Å²) in [6.45, 7) is 10.7. The smallest absolute Gasteiger partial charge is 0.242 e. The summed E-state index contributed by atoms with van der Waals surface area (Å²) in [4.78, 5) is 28.1. The molecule has 2 amide bonds. The van der Waals surface area contributed by atoms with Gasteiger partial charge in [0.05, 0.1) is 11.9 Å². The first-order valence-corrected chi connectivity index (χ1v) is 14.9. The van der Waals surface area contributed by atoms with E-state index in [1.807, 2.05) is 58.9 Å². The van der Waals surface area contributed by atoms with Crippen LogP contribution in [-0.2, 0) is 26.2 Å². The standard InChI is InChI=1S/C28H40ClN3O4S/c1-7-25(28(34)30-18-20(2)3)31(19-23-13-15-24(29)16-14-23)27(33)12-9-17-32(37(6,35)36)26-11-8-10-21(4)22(26)5/h8,10-11,13-16,20,25H,7,9,12,17-19H2,1-6H3,(H,30,34). The normalized spacial score (nSPS) is 12.3. The number of halogens is 1. The summed E-state index contributed by atoms with van der Waals surface area (Å²) in [7, 11) is -3.55. The maximum atomic E-state index is 13.5. The van der Waals surface area contributed by atoms with E-state index in [1.165, 1.54) is 10.6 Å². The van der Waals surface area contributed by atoms with Crippen LogP contribution in [0.15, 0.2) is 42.5 Å². The predicted molar refractivity (Wildman–Crippen MR) is 151 cm³/mol. The van der Waals surface area contributed by atoms with Crippen molar-refractivity contribution >= 4 is 39.1 Å². The predicted octanol–water partition coefficient (Wildman–Crippen LogP) is 5.08. The summed E-state index contributed by atoms with van der Waals surface area (Å²) in [6.07, 6.45) is 2.07. The summed E-state index contributed by atoms with van der Waals surface area (Å²) < 4.78 is 26.6. The summed E-state index contributed by atoms with van der Waals surface area (Å²) >= 11 is 6.03. The first-order chi connectivity index (χ1) is 17.3. The fourth-order valence-corrected chi connectivity index (χ4v) is 5.26. The van der Waals surface area contributed by atoms with Crippen LogP contribution in [0.5, 0.6) is 0 Å². The van der Waals surface area contributed by atoms with Crippen LogP contribution in [0.2, 0.25) is 5.02 Å². The zero-order valence-corrected chi connectivity index (χ0v) is 24.3. The number of amides is 2. The molecule has 0 fully saturated rings. The Morgan fingerprint density at radius 3 is 2.27 bits per heavy atom. The van der Waals surface area contributed by atoms with Gasteiger partial charge in [0.15, 0.2) is 0 Å². The molecule has 1 atom stereocenters. The molecule has 0 aromatic heterocycles. The monoisotopic (exact) mass is 549 g/mol. The molecule has 9 heteroatoms. The van der Waals surface area contributed by atoms with Gasteiger partial charge in [0.1, 0.15) is 6.04 Å². The van der Waals surface area contributed by atoms with Crippen molar-refractivity contribution in [3.8, 4) is 0 Å². The number of hydrogen-bond donors (Lipinski definition) is 1. The highest BCUT2D eigenvalue weighted by atomic mass is 35.5. The molecule has 204 valence electrons. The molecular formula is C28H40ClN3O4S. The van der Waals surface area contributed by atoms with Crippen molar-refractivity contribution in [1.29, 1.82) is 0 Å². The van der Waals surface area contributed by atoms with Gasteiger partial charge in [-0.25, -0.2) is 8.42 Å². The third-order valence-corrected chi connectivity index (χ3v) is 7.77. The Labute approximate surface area is 227 Å². The molecule has 7 nitrogen and oxygen atoms in total. The number of aryl methyl sites for hydroxylation is 1. The number of carbonyl (C=O) groups is 2. The van der Waals surface area contributed by atoms with Crippen LogP contribution in [-0.4, -0.2) is 50.5 Å². The second-order valence-corrected chi connectivity index (χ2v) is 12.2. The Morgan fingerprint density at radius 2 is 1.70 bits per heavy atom. The molecule has 0 spiro atoms. The lowest BCUT2D eigenvalue weighted by molar-refractivity contribution is -0.141. The minimum absolute atomic E-state index is 0.110. The largest absolute Gasteiger partial charge is 0.354 e. The molecule has 2 aromatic rings. The van der Waals surface area contributed by atoms with E-state index >= 15 is 0 Å². The molecule has 2 aromatic carbocycles. The van der Waals surface area contributed by atoms with Gasteiger partial charge in [-0.05, 0) is 67.5 Å². The molecular weight excluding hydrogens is 510 g/mol. The second kappa shape index (κ2) is 13.8. The van der Waals surface area contributed by atoms with Gasteiger partial charge in [-0.3, -0.25) is 13.9 Å². The van der Waals surface area contributed by atoms with Gasteiger partial charge in [0.25, 0.3) is 0 Å². The first-order valence-electron chi connectivity index (χ1n) is 12.7. The van der Waals surface area contributed by atoms with Crippen LogP contribution in [0.4, 0.5) is 5.69 Å². The Bertz CT molecular complexity index is 1170. The molecule has 0 bridgehead atoms. The highest BCUT2D eigenvalue weighted by molar-refractivity contribution is 7.92. The molecule has 1 unspecified atom stereocenters. The SMILES string of the molecule is CCC(C(=O)NCC(C)C)N(Cc1ccc(Cl)cc1)C(=O)CCCN(c1cccc(C)c1C)S(C)(=O)=O. The van der Waals surface area contributed by atoms with Gasteiger partial charge in [-0.1, -0.05) is 56.6 Å². The molecule has 0 aliphatic rings. The zero-order valence-electron chi connectivity index (χ0n) is 22.8. The van der Waals surface area contributed by atoms with Gasteiger partial charge in [-0.2, -0.15) is 0 Å². The lowest BCUT2D eigenvalue weighted by atomic mass is 10.1. The Hall–Kier alpha value is -2.58. The minimum Gasteiger partial charge on any atom is -0.354 e. The van der Waals surface area contributed by atoms with Crippen LogP contribution >= 0.6 is 11.6 Å². The summed E-state index contributed by atoms with van der Waals surface area (Å²) in [5, 5.41) is 3.54. The Kier molecular flexibility index (Phi) is 11.4. The van der Waals surface area contributed by atoms with Crippen molar-refractivity contribution in [3.05, 3.63) is 64.2 Å². The van der Waals surface area contributed by atoms with Crippen molar-refractivity contribution in [3.63, 3.8) is 0 Å². The van der Waals surface area contributed by atoms with Crippen LogP contribution < -0.4 is 9.62 Å². The van der Waals surface area contributed by atoms with Crippen molar-refractivity contribution in [2.75, 3.05) is 23.7 Å². The molecule has 1 N–H and O–H groups in total. The number of rotatable bonds is 13. The highest BCUT2D eigenvalue weighted by Crippen LogP contribution is 2.25. The van der Waals surface area contributed by atoms with E-state index < -0.39 is 16.1 Å². The van der Waals surface area contributed by atoms with Gasteiger partial charge >= 0.3 is 0 Å². The summed E-state index contributed by atoms with van der Waals surface area (Å²) in [5.74, 6) is -0.100. The van der Waals surface area contributed by atoms with Gasteiger partial charge in [0, 0.05) is 31.1 Å². The molecule has 2 rings (SSSR count).